The van der Waals surface area contributed by atoms with Crippen molar-refractivity contribution >= 4 is 41.2 Å². The zero-order chi connectivity index (χ0) is 25.1. The number of amides is 4. The zero-order valence-corrected chi connectivity index (χ0v) is 20.1. The van der Waals surface area contributed by atoms with E-state index in [0.29, 0.717) is 49.3 Å². The van der Waals surface area contributed by atoms with Gasteiger partial charge in [-0.15, -0.1) is 0 Å². The van der Waals surface area contributed by atoms with Gasteiger partial charge < -0.3 is 20.3 Å². The van der Waals surface area contributed by atoms with Crippen LogP contribution in [0.4, 0.5) is 15.3 Å². The highest BCUT2D eigenvalue weighted by Crippen LogP contribution is 2.21. The lowest BCUT2D eigenvalue weighted by atomic mass is 10.1. The van der Waals surface area contributed by atoms with Gasteiger partial charge in [0.1, 0.15) is 11.9 Å². The van der Waals surface area contributed by atoms with Gasteiger partial charge in [0.25, 0.3) is 0 Å². The average molecular weight is 504 g/mol. The number of benzene rings is 1. The van der Waals surface area contributed by atoms with Crippen molar-refractivity contribution in [3.63, 3.8) is 0 Å². The monoisotopic (exact) mass is 503 g/mol. The van der Waals surface area contributed by atoms with Crippen LogP contribution in [0, 0.1) is 6.92 Å². The molecule has 4 amide bonds. The molecule has 2 N–H and O–H groups in total. The summed E-state index contributed by atoms with van der Waals surface area (Å²) in [4.78, 5) is 56.1. The maximum Gasteiger partial charge on any atom is 0.344 e. The first-order valence-electron chi connectivity index (χ1n) is 11.1. The van der Waals surface area contributed by atoms with Crippen LogP contribution >= 0.6 is 11.6 Å². The van der Waals surface area contributed by atoms with E-state index in [1.54, 1.807) is 51.9 Å². The first-order chi connectivity index (χ1) is 16.8. The minimum atomic E-state index is -1.11. The minimum absolute atomic E-state index is 0.168. The number of hydrogen-bond donors (Lipinski definition) is 2. The van der Waals surface area contributed by atoms with Crippen molar-refractivity contribution in [3.05, 3.63) is 47.0 Å². The van der Waals surface area contributed by atoms with Crippen LogP contribution in [0.15, 0.2) is 30.5 Å². The number of hydrogen-bond acceptors (Lipinski definition) is 7. The quantitative estimate of drug-likeness (QED) is 0.570. The summed E-state index contributed by atoms with van der Waals surface area (Å²) in [5, 5.41) is 9.25. The SMILES string of the molecule is COC(=O)CC(NC(=O)Nc1ccc(Cl)cc1)C(=O)N1CCN(N2Cc3cnc(C)n3C2=O)CC1. The maximum atomic E-state index is 13.2. The molecule has 1 fully saturated rings. The number of aromatic nitrogens is 2. The molecule has 0 bridgehead atoms. The van der Waals surface area contributed by atoms with E-state index in [1.807, 2.05) is 5.01 Å². The summed E-state index contributed by atoms with van der Waals surface area (Å²) in [6.07, 6.45) is 1.38. The molecule has 12 nitrogen and oxygen atoms in total. The van der Waals surface area contributed by atoms with E-state index < -0.39 is 23.9 Å². The van der Waals surface area contributed by atoms with Crippen molar-refractivity contribution in [1.29, 1.82) is 0 Å². The Balaban J connectivity index is 1.36. The fourth-order valence-corrected chi connectivity index (χ4v) is 4.23. The van der Waals surface area contributed by atoms with Gasteiger partial charge in [-0.3, -0.25) is 14.6 Å². The number of fused-ring (bicyclic) bond motifs is 1. The van der Waals surface area contributed by atoms with Crippen molar-refractivity contribution in [2.45, 2.75) is 25.9 Å². The lowest BCUT2D eigenvalue weighted by Gasteiger charge is -2.39. The van der Waals surface area contributed by atoms with E-state index in [4.69, 9.17) is 16.3 Å². The molecule has 0 aliphatic carbocycles. The van der Waals surface area contributed by atoms with Crippen molar-refractivity contribution < 1.29 is 23.9 Å². The van der Waals surface area contributed by atoms with E-state index in [0.717, 1.165) is 5.69 Å². The maximum absolute atomic E-state index is 13.2. The van der Waals surface area contributed by atoms with E-state index in [-0.39, 0.29) is 12.5 Å². The molecule has 35 heavy (non-hydrogen) atoms. The Bertz CT molecular complexity index is 1130. The Morgan fingerprint density at radius 2 is 1.83 bits per heavy atom. The Kier molecular flexibility index (Phi) is 7.22. The summed E-state index contributed by atoms with van der Waals surface area (Å²) in [6, 6.07) is 4.56. The number of piperazine rings is 1. The zero-order valence-electron chi connectivity index (χ0n) is 19.4. The first kappa shape index (κ1) is 24.5. The van der Waals surface area contributed by atoms with Gasteiger partial charge in [0.15, 0.2) is 0 Å². The van der Waals surface area contributed by atoms with Gasteiger partial charge in [0, 0.05) is 36.9 Å². The molecule has 2 aromatic rings. The third-order valence-corrected chi connectivity index (χ3v) is 6.20. The van der Waals surface area contributed by atoms with Crippen molar-refractivity contribution in [2.75, 3.05) is 38.6 Å². The highest BCUT2D eigenvalue weighted by Gasteiger charge is 2.36. The number of anilines is 1. The summed E-state index contributed by atoms with van der Waals surface area (Å²) in [5.41, 5.74) is 1.30. The Hall–Kier alpha value is -3.64. The molecule has 13 heteroatoms. The number of halogens is 1. The number of urea groups is 1. The topological polar surface area (TPSA) is 129 Å². The summed E-state index contributed by atoms with van der Waals surface area (Å²) < 4.78 is 6.28. The van der Waals surface area contributed by atoms with Gasteiger partial charge in [-0.1, -0.05) is 11.6 Å². The molecule has 4 rings (SSSR count). The van der Waals surface area contributed by atoms with E-state index in [2.05, 4.69) is 15.6 Å². The van der Waals surface area contributed by atoms with Gasteiger partial charge in [-0.25, -0.2) is 24.1 Å². The minimum Gasteiger partial charge on any atom is -0.469 e. The van der Waals surface area contributed by atoms with Gasteiger partial charge >= 0.3 is 18.0 Å². The predicted octanol–water partition coefficient (Wildman–Crippen LogP) is 1.44. The Morgan fingerprint density at radius 1 is 1.14 bits per heavy atom. The number of hydrazine groups is 1. The number of nitrogens with zero attached hydrogens (tertiary/aromatic N) is 5. The van der Waals surface area contributed by atoms with Crippen molar-refractivity contribution in [3.8, 4) is 0 Å². The van der Waals surface area contributed by atoms with Crippen LogP contribution in [0.3, 0.4) is 0 Å². The standard InChI is InChI=1S/C22H26ClN7O5/c1-14-24-12-17-13-29(22(34)30(14)17)28-9-7-27(8-10-28)20(32)18(11-19(31)35-2)26-21(33)25-16-5-3-15(23)4-6-16/h3-6,12,18H,7-11,13H2,1-2H3,(H2,25,26,33). The average Bonchev–Trinajstić information content (AvgIpc) is 3.39. The normalized spacial score (nSPS) is 16.6. The molecule has 1 aromatic heterocycles. The fraction of sp³-hybridized carbons (Fsp3) is 0.409. The second-order valence-electron chi connectivity index (χ2n) is 8.19. The molecule has 0 radical (unpaired) electrons. The molecule has 1 aromatic carbocycles. The lowest BCUT2D eigenvalue weighted by molar-refractivity contribution is -0.146. The van der Waals surface area contributed by atoms with E-state index >= 15 is 0 Å². The third kappa shape index (κ3) is 5.38. The number of nitrogens with one attached hydrogen (secondary N) is 2. The van der Waals surface area contributed by atoms with Crippen LogP contribution in [0.25, 0.3) is 0 Å². The molecule has 186 valence electrons. The molecular weight excluding hydrogens is 478 g/mol. The van der Waals surface area contributed by atoms with Crippen LogP contribution < -0.4 is 10.6 Å². The summed E-state index contributed by atoms with van der Waals surface area (Å²) in [7, 11) is 1.22. The molecule has 1 atom stereocenters. The first-order valence-corrected chi connectivity index (χ1v) is 11.4. The van der Waals surface area contributed by atoms with Gasteiger partial charge in [0.05, 0.1) is 32.0 Å². The summed E-state index contributed by atoms with van der Waals surface area (Å²) in [5.74, 6) is -0.391. The molecular formula is C22H26ClN7O5. The number of methoxy groups -OCH3 is 1. The van der Waals surface area contributed by atoms with E-state index in [9.17, 15) is 19.2 Å². The van der Waals surface area contributed by atoms with Crippen LogP contribution in [0.2, 0.25) is 5.02 Å². The molecule has 0 spiro atoms. The van der Waals surface area contributed by atoms with E-state index in [1.165, 1.54) is 7.11 Å². The van der Waals surface area contributed by atoms with Crippen molar-refractivity contribution in [1.82, 2.24) is 29.8 Å². The third-order valence-electron chi connectivity index (χ3n) is 5.95. The molecule has 2 aliphatic rings. The van der Waals surface area contributed by atoms with Gasteiger partial charge in [-0.2, -0.15) is 0 Å². The highest BCUT2D eigenvalue weighted by molar-refractivity contribution is 6.30. The Morgan fingerprint density at radius 3 is 2.46 bits per heavy atom. The number of imidazole rings is 1. The van der Waals surface area contributed by atoms with Gasteiger partial charge in [-0.05, 0) is 31.2 Å². The van der Waals surface area contributed by atoms with Gasteiger partial charge in [0.2, 0.25) is 5.91 Å². The molecule has 1 saturated heterocycles. The number of ether oxygens (including phenoxy) is 1. The fourth-order valence-electron chi connectivity index (χ4n) is 4.11. The van der Waals surface area contributed by atoms with Crippen LogP contribution in [0.1, 0.15) is 17.9 Å². The molecule has 2 aliphatic heterocycles. The molecule has 1 unspecified atom stereocenters. The second-order valence-corrected chi connectivity index (χ2v) is 8.63. The number of carbonyl (C=O) groups is 4. The largest absolute Gasteiger partial charge is 0.469 e. The number of esters is 1. The number of rotatable bonds is 6. The number of aryl methyl sites for hydroxylation is 1. The highest BCUT2D eigenvalue weighted by atomic mass is 35.5. The molecule has 0 saturated carbocycles. The van der Waals surface area contributed by atoms with Crippen LogP contribution in [-0.2, 0) is 20.9 Å². The predicted molar refractivity (Wildman–Crippen MR) is 125 cm³/mol. The lowest BCUT2D eigenvalue weighted by Crippen LogP contribution is -2.59. The number of carbonyl (C=O) groups excluding carboxylic acids is 4. The smallest absolute Gasteiger partial charge is 0.344 e. The summed E-state index contributed by atoms with van der Waals surface area (Å²) >= 11 is 5.86. The van der Waals surface area contributed by atoms with Crippen LogP contribution in [-0.4, -0.2) is 87.7 Å². The molecule has 3 heterocycles. The Labute approximate surface area is 206 Å². The van der Waals surface area contributed by atoms with Crippen LogP contribution in [0.5, 0.6) is 0 Å². The summed E-state index contributed by atoms with van der Waals surface area (Å²) in [6.45, 7) is 3.71. The second kappa shape index (κ2) is 10.3. The van der Waals surface area contributed by atoms with Crippen molar-refractivity contribution in [2.24, 2.45) is 0 Å².